The van der Waals surface area contributed by atoms with E-state index in [0.29, 0.717) is 6.54 Å². The molecule has 0 saturated heterocycles. The summed E-state index contributed by atoms with van der Waals surface area (Å²) in [5.74, 6) is 0.896. The molecule has 0 bridgehead atoms. The van der Waals surface area contributed by atoms with Crippen molar-refractivity contribution in [2.24, 2.45) is 5.73 Å². The molecular formula is C15H17NOS. The Labute approximate surface area is 112 Å². The van der Waals surface area contributed by atoms with E-state index in [1.807, 2.05) is 18.2 Å². The second kappa shape index (κ2) is 5.94. The predicted molar refractivity (Wildman–Crippen MR) is 76.2 cm³/mol. The molecule has 3 heteroatoms. The molecule has 0 saturated carbocycles. The smallest absolute Gasteiger partial charge is 0.119 e. The van der Waals surface area contributed by atoms with E-state index in [4.69, 9.17) is 10.5 Å². The van der Waals surface area contributed by atoms with E-state index in [1.165, 1.54) is 15.4 Å². The summed E-state index contributed by atoms with van der Waals surface area (Å²) in [4.78, 5) is 2.45. The van der Waals surface area contributed by atoms with Gasteiger partial charge in [-0.25, -0.2) is 0 Å². The third-order valence-corrected chi connectivity index (χ3v) is 3.91. The van der Waals surface area contributed by atoms with Gasteiger partial charge < -0.3 is 10.5 Å². The highest BCUT2D eigenvalue weighted by molar-refractivity contribution is 7.99. The van der Waals surface area contributed by atoms with Crippen LogP contribution in [0.15, 0.2) is 52.3 Å². The van der Waals surface area contributed by atoms with Crippen LogP contribution in [0.25, 0.3) is 0 Å². The second-order valence-electron chi connectivity index (χ2n) is 4.09. The van der Waals surface area contributed by atoms with Gasteiger partial charge in [0.2, 0.25) is 0 Å². The van der Waals surface area contributed by atoms with Crippen molar-refractivity contribution in [2.45, 2.75) is 23.3 Å². The first kappa shape index (κ1) is 13.0. The molecule has 0 aliphatic carbocycles. The van der Waals surface area contributed by atoms with E-state index >= 15 is 0 Å². The van der Waals surface area contributed by atoms with E-state index in [0.717, 1.165) is 11.3 Å². The molecule has 2 rings (SSSR count). The largest absolute Gasteiger partial charge is 0.497 e. The number of ether oxygens (including phenoxy) is 1. The number of benzene rings is 2. The third-order valence-electron chi connectivity index (χ3n) is 2.74. The van der Waals surface area contributed by atoms with Crippen LogP contribution in [0, 0.1) is 6.92 Å². The first-order valence-corrected chi connectivity index (χ1v) is 6.66. The van der Waals surface area contributed by atoms with Crippen LogP contribution in [0.3, 0.4) is 0 Å². The zero-order valence-electron chi connectivity index (χ0n) is 10.6. The van der Waals surface area contributed by atoms with Crippen molar-refractivity contribution in [2.75, 3.05) is 7.11 Å². The van der Waals surface area contributed by atoms with Crippen molar-refractivity contribution in [3.05, 3.63) is 53.6 Å². The molecule has 2 N–H and O–H groups in total. The van der Waals surface area contributed by atoms with E-state index in [-0.39, 0.29) is 0 Å². The van der Waals surface area contributed by atoms with Crippen LogP contribution in [0.1, 0.15) is 11.1 Å². The van der Waals surface area contributed by atoms with Crippen molar-refractivity contribution in [3.63, 3.8) is 0 Å². The van der Waals surface area contributed by atoms with Gasteiger partial charge in [-0.05, 0) is 48.4 Å². The van der Waals surface area contributed by atoms with Gasteiger partial charge in [0.25, 0.3) is 0 Å². The molecule has 0 aromatic heterocycles. The van der Waals surface area contributed by atoms with Crippen LogP contribution in [0.4, 0.5) is 0 Å². The lowest BCUT2D eigenvalue weighted by Gasteiger charge is -2.08. The molecule has 18 heavy (non-hydrogen) atoms. The molecule has 2 aromatic rings. The molecule has 0 fully saturated rings. The standard InChI is InChI=1S/C15H17NOS/c1-11-8-13(17-2)6-7-15(11)18-14-5-3-4-12(9-14)10-16/h3-9H,10,16H2,1-2H3. The van der Waals surface area contributed by atoms with Crippen molar-refractivity contribution in [1.29, 1.82) is 0 Å². The lowest BCUT2D eigenvalue weighted by Crippen LogP contribution is -1.95. The fourth-order valence-electron chi connectivity index (χ4n) is 1.73. The Balaban J connectivity index is 2.22. The Morgan fingerprint density at radius 3 is 2.67 bits per heavy atom. The molecule has 0 aliphatic rings. The van der Waals surface area contributed by atoms with E-state index in [9.17, 15) is 0 Å². The van der Waals surface area contributed by atoms with Gasteiger partial charge in [0, 0.05) is 16.3 Å². The first-order chi connectivity index (χ1) is 8.72. The van der Waals surface area contributed by atoms with Crippen LogP contribution in [-0.2, 0) is 6.54 Å². The topological polar surface area (TPSA) is 35.2 Å². The summed E-state index contributed by atoms with van der Waals surface area (Å²) < 4.78 is 5.21. The van der Waals surface area contributed by atoms with E-state index < -0.39 is 0 Å². The monoisotopic (exact) mass is 259 g/mol. The highest BCUT2D eigenvalue weighted by Crippen LogP contribution is 2.32. The van der Waals surface area contributed by atoms with Crippen LogP contribution in [0.2, 0.25) is 0 Å². The van der Waals surface area contributed by atoms with Crippen molar-refractivity contribution < 1.29 is 4.74 Å². The Hall–Kier alpha value is -1.45. The number of hydrogen-bond acceptors (Lipinski definition) is 3. The highest BCUT2D eigenvalue weighted by atomic mass is 32.2. The van der Waals surface area contributed by atoms with Crippen molar-refractivity contribution >= 4 is 11.8 Å². The van der Waals surface area contributed by atoms with Crippen molar-refractivity contribution in [3.8, 4) is 5.75 Å². The summed E-state index contributed by atoms with van der Waals surface area (Å²) >= 11 is 1.75. The molecule has 0 aliphatic heterocycles. The van der Waals surface area contributed by atoms with Crippen LogP contribution < -0.4 is 10.5 Å². The normalized spacial score (nSPS) is 10.4. The molecule has 0 spiro atoms. The summed E-state index contributed by atoms with van der Waals surface area (Å²) in [7, 11) is 1.69. The fraction of sp³-hybridized carbons (Fsp3) is 0.200. The molecule has 2 aromatic carbocycles. The molecule has 2 nitrogen and oxygen atoms in total. The van der Waals surface area contributed by atoms with Gasteiger partial charge in [-0.3, -0.25) is 0 Å². The minimum atomic E-state index is 0.579. The van der Waals surface area contributed by atoms with Gasteiger partial charge in [-0.15, -0.1) is 0 Å². The SMILES string of the molecule is COc1ccc(Sc2cccc(CN)c2)c(C)c1. The number of methoxy groups -OCH3 is 1. The summed E-state index contributed by atoms with van der Waals surface area (Å²) in [6.07, 6.45) is 0. The van der Waals surface area contributed by atoms with Gasteiger partial charge in [-0.1, -0.05) is 23.9 Å². The Bertz CT molecular complexity index is 540. The number of rotatable bonds is 4. The molecule has 0 amide bonds. The second-order valence-corrected chi connectivity index (χ2v) is 5.20. The zero-order valence-corrected chi connectivity index (χ0v) is 11.5. The summed E-state index contributed by atoms with van der Waals surface area (Å²) in [5, 5.41) is 0. The van der Waals surface area contributed by atoms with E-state index in [1.54, 1.807) is 18.9 Å². The van der Waals surface area contributed by atoms with Gasteiger partial charge in [-0.2, -0.15) is 0 Å². The predicted octanol–water partition coefficient (Wildman–Crippen LogP) is 3.61. The van der Waals surface area contributed by atoms with Crippen LogP contribution >= 0.6 is 11.8 Å². The number of hydrogen-bond donors (Lipinski definition) is 1. The maximum absolute atomic E-state index is 5.65. The zero-order chi connectivity index (χ0) is 13.0. The first-order valence-electron chi connectivity index (χ1n) is 5.84. The van der Waals surface area contributed by atoms with Crippen LogP contribution in [0.5, 0.6) is 5.75 Å². The lowest BCUT2D eigenvalue weighted by atomic mass is 10.2. The molecule has 0 unspecified atom stereocenters. The minimum absolute atomic E-state index is 0.579. The molecular weight excluding hydrogens is 242 g/mol. The Morgan fingerprint density at radius 1 is 1.17 bits per heavy atom. The van der Waals surface area contributed by atoms with Gasteiger partial charge in [0.1, 0.15) is 5.75 Å². The van der Waals surface area contributed by atoms with Crippen LogP contribution in [-0.4, -0.2) is 7.11 Å². The minimum Gasteiger partial charge on any atom is -0.497 e. The molecule has 0 heterocycles. The average molecular weight is 259 g/mol. The van der Waals surface area contributed by atoms with Gasteiger partial charge >= 0.3 is 0 Å². The lowest BCUT2D eigenvalue weighted by molar-refractivity contribution is 0.414. The highest BCUT2D eigenvalue weighted by Gasteiger charge is 2.03. The molecule has 94 valence electrons. The average Bonchev–Trinajstić information content (AvgIpc) is 2.41. The third kappa shape index (κ3) is 3.06. The fourth-order valence-corrected chi connectivity index (χ4v) is 2.69. The van der Waals surface area contributed by atoms with Gasteiger partial charge in [0.15, 0.2) is 0 Å². The quantitative estimate of drug-likeness (QED) is 0.911. The Kier molecular flexibility index (Phi) is 4.28. The van der Waals surface area contributed by atoms with E-state index in [2.05, 4.69) is 31.2 Å². The number of nitrogens with two attached hydrogens (primary N) is 1. The maximum atomic E-state index is 5.65. The summed E-state index contributed by atoms with van der Waals surface area (Å²) in [6, 6.07) is 14.5. The number of aryl methyl sites for hydroxylation is 1. The van der Waals surface area contributed by atoms with Crippen molar-refractivity contribution in [1.82, 2.24) is 0 Å². The molecule has 0 radical (unpaired) electrons. The van der Waals surface area contributed by atoms with Gasteiger partial charge in [0.05, 0.1) is 7.11 Å². The summed E-state index contributed by atoms with van der Waals surface area (Å²) in [6.45, 7) is 2.67. The summed E-state index contributed by atoms with van der Waals surface area (Å²) in [5.41, 5.74) is 8.03. The maximum Gasteiger partial charge on any atom is 0.119 e. The Morgan fingerprint density at radius 2 is 2.00 bits per heavy atom. The molecule has 0 atom stereocenters.